The van der Waals surface area contributed by atoms with Crippen molar-refractivity contribution in [3.8, 4) is 11.5 Å². The molecule has 0 unspecified atom stereocenters. The van der Waals surface area contributed by atoms with Crippen molar-refractivity contribution in [1.29, 1.82) is 0 Å². The third-order valence-corrected chi connectivity index (χ3v) is 5.47. The SMILES string of the molecule is CC(=O)c1ccc(N2CCN(C(=O)/C=C/c3ccc(Oc4cccnc4)c(F)c3)CC2)cc1. The number of amides is 1. The van der Waals surface area contributed by atoms with E-state index in [9.17, 15) is 14.0 Å². The zero-order valence-corrected chi connectivity index (χ0v) is 18.3. The Balaban J connectivity index is 1.32. The lowest BCUT2D eigenvalue weighted by molar-refractivity contribution is -0.126. The molecule has 2 aromatic carbocycles. The van der Waals surface area contributed by atoms with E-state index in [1.54, 1.807) is 42.3 Å². The topological polar surface area (TPSA) is 62.7 Å². The minimum atomic E-state index is -0.516. The first-order chi connectivity index (χ1) is 16.0. The number of benzene rings is 2. The molecule has 6 nitrogen and oxygen atoms in total. The number of anilines is 1. The van der Waals surface area contributed by atoms with Gasteiger partial charge >= 0.3 is 0 Å². The van der Waals surface area contributed by atoms with Crippen LogP contribution in [0.5, 0.6) is 11.5 Å². The van der Waals surface area contributed by atoms with Gasteiger partial charge in [-0.25, -0.2) is 4.39 Å². The average Bonchev–Trinajstić information content (AvgIpc) is 2.85. The van der Waals surface area contributed by atoms with Crippen LogP contribution in [0.25, 0.3) is 6.08 Å². The van der Waals surface area contributed by atoms with Crippen LogP contribution in [-0.4, -0.2) is 47.8 Å². The first kappa shape index (κ1) is 22.2. The molecule has 1 aliphatic heterocycles. The number of halogens is 1. The number of ether oxygens (including phenoxy) is 1. The van der Waals surface area contributed by atoms with Crippen molar-refractivity contribution in [3.63, 3.8) is 0 Å². The smallest absolute Gasteiger partial charge is 0.246 e. The number of piperazine rings is 1. The summed E-state index contributed by atoms with van der Waals surface area (Å²) < 4.78 is 19.9. The fourth-order valence-electron chi connectivity index (χ4n) is 3.60. The molecule has 0 N–H and O–H groups in total. The van der Waals surface area contributed by atoms with Gasteiger partial charge < -0.3 is 14.5 Å². The highest BCUT2D eigenvalue weighted by atomic mass is 19.1. The Hall–Kier alpha value is -4.00. The normalized spacial score (nSPS) is 13.9. The molecule has 7 heteroatoms. The second-order valence-corrected chi connectivity index (χ2v) is 7.73. The van der Waals surface area contributed by atoms with E-state index in [1.807, 2.05) is 24.3 Å². The molecule has 0 saturated carbocycles. The molecule has 1 amide bonds. The molecule has 0 aliphatic carbocycles. The number of nitrogens with zero attached hydrogens (tertiary/aromatic N) is 3. The molecular weight excluding hydrogens is 421 g/mol. The Morgan fingerprint density at radius 2 is 1.79 bits per heavy atom. The molecule has 0 spiro atoms. The maximum absolute atomic E-state index is 14.4. The van der Waals surface area contributed by atoms with E-state index in [4.69, 9.17) is 4.74 Å². The Kier molecular flexibility index (Phi) is 6.78. The molecular formula is C26H24FN3O3. The highest BCUT2D eigenvalue weighted by Gasteiger charge is 2.20. The van der Waals surface area contributed by atoms with Gasteiger partial charge in [0.1, 0.15) is 5.75 Å². The monoisotopic (exact) mass is 445 g/mol. The van der Waals surface area contributed by atoms with Gasteiger partial charge in [-0.15, -0.1) is 0 Å². The number of carbonyl (C=O) groups excluding carboxylic acids is 2. The van der Waals surface area contributed by atoms with Gasteiger partial charge in [-0.2, -0.15) is 0 Å². The van der Waals surface area contributed by atoms with Crippen LogP contribution in [0, 0.1) is 5.82 Å². The van der Waals surface area contributed by atoms with Gasteiger partial charge in [0.15, 0.2) is 17.3 Å². The molecule has 1 aliphatic rings. The summed E-state index contributed by atoms with van der Waals surface area (Å²) in [5.74, 6) is -0.0439. The predicted octanol–water partition coefficient (Wildman–Crippen LogP) is 4.58. The van der Waals surface area contributed by atoms with Crippen LogP contribution in [0.2, 0.25) is 0 Å². The molecule has 1 fully saturated rings. The lowest BCUT2D eigenvalue weighted by atomic mass is 10.1. The van der Waals surface area contributed by atoms with E-state index >= 15 is 0 Å². The van der Waals surface area contributed by atoms with Crippen molar-refractivity contribution in [3.05, 3.63) is 90.0 Å². The summed E-state index contributed by atoms with van der Waals surface area (Å²) >= 11 is 0. The van der Waals surface area contributed by atoms with Crippen LogP contribution in [0.1, 0.15) is 22.8 Å². The summed E-state index contributed by atoms with van der Waals surface area (Å²) in [5, 5.41) is 0. The molecule has 168 valence electrons. The van der Waals surface area contributed by atoms with E-state index in [-0.39, 0.29) is 17.4 Å². The summed E-state index contributed by atoms with van der Waals surface area (Å²) in [6, 6.07) is 15.5. The maximum atomic E-state index is 14.4. The third kappa shape index (κ3) is 5.63. The molecule has 1 aromatic heterocycles. The quantitative estimate of drug-likeness (QED) is 0.411. The van der Waals surface area contributed by atoms with E-state index in [2.05, 4.69) is 9.88 Å². The van der Waals surface area contributed by atoms with Crippen molar-refractivity contribution in [2.24, 2.45) is 0 Å². The number of aromatic nitrogens is 1. The minimum absolute atomic E-state index is 0.0410. The Morgan fingerprint density at radius 1 is 1.03 bits per heavy atom. The Labute approximate surface area is 191 Å². The van der Waals surface area contributed by atoms with Gasteiger partial charge in [0.25, 0.3) is 0 Å². The molecule has 0 radical (unpaired) electrons. The third-order valence-electron chi connectivity index (χ3n) is 5.47. The standard InChI is InChI=1S/C26H24FN3O3/c1-19(31)21-6-8-22(9-7-21)29-13-15-30(16-14-29)26(32)11-5-20-4-10-25(24(27)17-20)33-23-3-2-12-28-18-23/h2-12,17-18H,13-16H2,1H3/b11-5+. The van der Waals surface area contributed by atoms with E-state index in [0.29, 0.717) is 43.1 Å². The highest BCUT2D eigenvalue weighted by Crippen LogP contribution is 2.25. The van der Waals surface area contributed by atoms with E-state index < -0.39 is 5.82 Å². The zero-order chi connectivity index (χ0) is 23.2. The lowest BCUT2D eigenvalue weighted by Gasteiger charge is -2.35. The fourth-order valence-corrected chi connectivity index (χ4v) is 3.60. The van der Waals surface area contributed by atoms with Crippen LogP contribution in [0.4, 0.5) is 10.1 Å². The van der Waals surface area contributed by atoms with Crippen LogP contribution in [0.3, 0.4) is 0 Å². The summed E-state index contributed by atoms with van der Waals surface area (Å²) in [5.41, 5.74) is 2.29. The van der Waals surface area contributed by atoms with Crippen molar-refractivity contribution in [2.45, 2.75) is 6.92 Å². The first-order valence-corrected chi connectivity index (χ1v) is 10.7. The van der Waals surface area contributed by atoms with Gasteiger partial charge in [-0.05, 0) is 67.1 Å². The van der Waals surface area contributed by atoms with Crippen LogP contribution in [0.15, 0.2) is 73.1 Å². The summed E-state index contributed by atoms with van der Waals surface area (Å²) in [7, 11) is 0. The van der Waals surface area contributed by atoms with E-state index in [1.165, 1.54) is 24.4 Å². The second-order valence-electron chi connectivity index (χ2n) is 7.73. The first-order valence-electron chi connectivity index (χ1n) is 10.7. The van der Waals surface area contributed by atoms with Crippen molar-refractivity contribution in [1.82, 2.24) is 9.88 Å². The van der Waals surface area contributed by atoms with Crippen molar-refractivity contribution < 1.29 is 18.7 Å². The maximum Gasteiger partial charge on any atom is 0.246 e. The van der Waals surface area contributed by atoms with Gasteiger partial charge in [0.2, 0.25) is 5.91 Å². The number of hydrogen-bond acceptors (Lipinski definition) is 5. The molecule has 1 saturated heterocycles. The molecule has 2 heterocycles. The van der Waals surface area contributed by atoms with Crippen molar-refractivity contribution >= 4 is 23.5 Å². The number of Topliss-reactive ketones (excluding diaryl/α,β-unsaturated/α-hetero) is 1. The van der Waals surface area contributed by atoms with Gasteiger partial charge in [-0.3, -0.25) is 14.6 Å². The molecule has 4 rings (SSSR count). The second kappa shape index (κ2) is 10.1. The van der Waals surface area contributed by atoms with Gasteiger partial charge in [0.05, 0.1) is 6.20 Å². The summed E-state index contributed by atoms with van der Waals surface area (Å²) in [6.07, 6.45) is 6.19. The Morgan fingerprint density at radius 3 is 2.42 bits per heavy atom. The number of hydrogen-bond donors (Lipinski definition) is 0. The van der Waals surface area contributed by atoms with Crippen molar-refractivity contribution in [2.75, 3.05) is 31.1 Å². The largest absolute Gasteiger partial charge is 0.453 e. The lowest BCUT2D eigenvalue weighted by Crippen LogP contribution is -2.48. The number of rotatable bonds is 6. The van der Waals surface area contributed by atoms with E-state index in [0.717, 1.165) is 5.69 Å². The van der Waals surface area contributed by atoms with Crippen LogP contribution in [-0.2, 0) is 4.79 Å². The molecule has 33 heavy (non-hydrogen) atoms. The number of carbonyl (C=O) groups is 2. The summed E-state index contributed by atoms with van der Waals surface area (Å²) in [4.78, 5) is 31.9. The van der Waals surface area contributed by atoms with Gasteiger partial charge in [0, 0.05) is 49.7 Å². The highest BCUT2D eigenvalue weighted by molar-refractivity contribution is 5.94. The minimum Gasteiger partial charge on any atom is -0.453 e. The number of pyridine rings is 1. The van der Waals surface area contributed by atoms with Crippen LogP contribution < -0.4 is 9.64 Å². The summed E-state index contributed by atoms with van der Waals surface area (Å²) in [6.45, 7) is 4.13. The Bertz CT molecular complexity index is 1160. The predicted molar refractivity (Wildman–Crippen MR) is 125 cm³/mol. The molecule has 0 atom stereocenters. The van der Waals surface area contributed by atoms with Crippen LogP contribution >= 0.6 is 0 Å². The number of ketones is 1. The van der Waals surface area contributed by atoms with Gasteiger partial charge in [-0.1, -0.05) is 6.07 Å². The zero-order valence-electron chi connectivity index (χ0n) is 18.3. The molecule has 3 aromatic rings. The molecule has 0 bridgehead atoms. The fraction of sp³-hybridized carbons (Fsp3) is 0.192. The average molecular weight is 445 g/mol.